The summed E-state index contributed by atoms with van der Waals surface area (Å²) in [6.07, 6.45) is 0.495. The summed E-state index contributed by atoms with van der Waals surface area (Å²) in [7, 11) is 0. The highest BCUT2D eigenvalue weighted by Gasteiger charge is 2.35. The van der Waals surface area contributed by atoms with E-state index in [0.717, 1.165) is 38.1 Å². The summed E-state index contributed by atoms with van der Waals surface area (Å²) >= 11 is 0. The molecule has 1 aliphatic rings. The average Bonchev–Trinajstić information content (AvgIpc) is 3.22. The van der Waals surface area contributed by atoms with Gasteiger partial charge in [0.2, 0.25) is 0 Å². The normalized spacial score (nSPS) is 15.0. The number of alkyl halides is 3. The van der Waals surface area contributed by atoms with Crippen LogP contribution in [-0.4, -0.2) is 28.8 Å². The van der Waals surface area contributed by atoms with Gasteiger partial charge in [0.15, 0.2) is 5.69 Å². The molecule has 9 heteroatoms. The number of aromatic nitrogens is 2. The molecule has 0 spiro atoms. The maximum Gasteiger partial charge on any atom is 0.407 e. The molecular formula is C22H22F3N5O. The van der Waals surface area contributed by atoms with Gasteiger partial charge < -0.3 is 10.6 Å². The number of carbonyl (C=O) groups excluding carboxylic acids is 1. The van der Waals surface area contributed by atoms with Crippen molar-refractivity contribution in [2.24, 2.45) is 5.92 Å². The van der Waals surface area contributed by atoms with Gasteiger partial charge in [-0.05, 0) is 51.9 Å². The van der Waals surface area contributed by atoms with E-state index in [2.05, 4.69) is 32.4 Å². The molecule has 1 aromatic carbocycles. The smallest absolute Gasteiger partial charge is 0.324 e. The van der Waals surface area contributed by atoms with Crippen LogP contribution >= 0.6 is 0 Å². The second kappa shape index (κ2) is 8.83. The first-order valence-corrected chi connectivity index (χ1v) is 9.79. The van der Waals surface area contributed by atoms with Crippen molar-refractivity contribution in [1.29, 1.82) is 0 Å². The quantitative estimate of drug-likeness (QED) is 0.569. The largest absolute Gasteiger partial charge is 0.407 e. The van der Waals surface area contributed by atoms with Crippen LogP contribution in [0.25, 0.3) is 4.85 Å². The lowest BCUT2D eigenvalue weighted by molar-refractivity contribution is -0.136. The van der Waals surface area contributed by atoms with Crippen LogP contribution in [0.15, 0.2) is 30.6 Å². The van der Waals surface area contributed by atoms with Crippen molar-refractivity contribution >= 4 is 17.3 Å². The lowest BCUT2D eigenvalue weighted by atomic mass is 9.99. The number of anilines is 1. The van der Waals surface area contributed by atoms with E-state index < -0.39 is 28.9 Å². The Balaban J connectivity index is 1.75. The predicted molar refractivity (Wildman–Crippen MR) is 110 cm³/mol. The highest BCUT2D eigenvalue weighted by Crippen LogP contribution is 2.38. The van der Waals surface area contributed by atoms with Crippen LogP contribution in [0.5, 0.6) is 0 Å². The van der Waals surface area contributed by atoms with Crippen LogP contribution < -0.4 is 10.6 Å². The zero-order valence-electron chi connectivity index (χ0n) is 17.2. The summed E-state index contributed by atoms with van der Waals surface area (Å²) in [4.78, 5) is 15.7. The Bertz CT molecular complexity index is 1060. The molecule has 0 aliphatic carbocycles. The number of nitrogens with zero attached hydrogens (tertiary/aromatic N) is 3. The van der Waals surface area contributed by atoms with Crippen LogP contribution in [0.3, 0.4) is 0 Å². The molecule has 0 radical (unpaired) electrons. The van der Waals surface area contributed by atoms with Crippen molar-refractivity contribution in [3.8, 4) is 11.8 Å². The number of hydrogen-bond acceptors (Lipinski definition) is 3. The summed E-state index contributed by atoms with van der Waals surface area (Å²) in [5.41, 5.74) is -2.16. The Hall–Kier alpha value is -3.30. The number of hydrogen-bond donors (Lipinski definition) is 2. The van der Waals surface area contributed by atoms with Crippen LogP contribution in [0.4, 0.5) is 24.5 Å². The average molecular weight is 429 g/mol. The van der Waals surface area contributed by atoms with Crippen molar-refractivity contribution in [3.63, 3.8) is 0 Å². The monoisotopic (exact) mass is 429 g/mol. The first-order chi connectivity index (χ1) is 14.6. The van der Waals surface area contributed by atoms with E-state index in [-0.39, 0.29) is 5.69 Å². The molecule has 2 heterocycles. The lowest BCUT2D eigenvalue weighted by Crippen LogP contribution is -2.40. The summed E-state index contributed by atoms with van der Waals surface area (Å²) in [6, 6.07) is 3.08. The van der Waals surface area contributed by atoms with E-state index in [0.29, 0.717) is 11.5 Å². The zero-order valence-corrected chi connectivity index (χ0v) is 17.2. The highest BCUT2D eigenvalue weighted by molar-refractivity contribution is 5.96. The molecule has 0 saturated carbocycles. The van der Waals surface area contributed by atoms with Gasteiger partial charge in [-0.1, -0.05) is 17.9 Å². The summed E-state index contributed by atoms with van der Waals surface area (Å²) in [5, 5.41) is 9.99. The van der Waals surface area contributed by atoms with E-state index >= 15 is 0 Å². The summed E-state index contributed by atoms with van der Waals surface area (Å²) < 4.78 is 41.0. The second-order valence-electron chi connectivity index (χ2n) is 7.82. The van der Waals surface area contributed by atoms with Crippen LogP contribution in [-0.2, 0) is 16.5 Å². The number of piperidine rings is 1. The van der Waals surface area contributed by atoms with Crippen molar-refractivity contribution < 1.29 is 18.0 Å². The van der Waals surface area contributed by atoms with Gasteiger partial charge in [-0.3, -0.25) is 9.48 Å². The Kier molecular flexibility index (Phi) is 6.37. The number of nitrogens with one attached hydrogen (secondary N) is 2. The maximum atomic E-state index is 13.2. The van der Waals surface area contributed by atoms with Crippen molar-refractivity contribution in [2.45, 2.75) is 38.4 Å². The Morgan fingerprint density at radius 3 is 2.68 bits per heavy atom. The van der Waals surface area contributed by atoms with E-state index in [1.165, 1.54) is 10.7 Å². The molecule has 1 amide bonds. The SMILES string of the molecule is [C-]#[N+]c1ccc(NC(=O)C(C)(C)n2cc(C#CC3CCNCC3)cn2)cc1C(F)(F)F. The lowest BCUT2D eigenvalue weighted by Gasteiger charge is -2.24. The summed E-state index contributed by atoms with van der Waals surface area (Å²) in [5.74, 6) is 6.09. The molecule has 0 bridgehead atoms. The van der Waals surface area contributed by atoms with Gasteiger partial charge in [0, 0.05) is 17.8 Å². The van der Waals surface area contributed by atoms with Crippen molar-refractivity contribution in [1.82, 2.24) is 15.1 Å². The number of halogens is 3. The minimum absolute atomic E-state index is 0.0455. The number of amides is 1. The fraction of sp³-hybridized carbons (Fsp3) is 0.409. The van der Waals surface area contributed by atoms with Gasteiger partial charge in [-0.15, -0.1) is 0 Å². The van der Waals surface area contributed by atoms with Gasteiger partial charge in [-0.2, -0.15) is 18.3 Å². The fourth-order valence-electron chi connectivity index (χ4n) is 3.17. The van der Waals surface area contributed by atoms with E-state index in [4.69, 9.17) is 6.57 Å². The third-order valence-electron chi connectivity index (χ3n) is 5.15. The molecule has 3 rings (SSSR count). The minimum atomic E-state index is -4.69. The molecule has 1 saturated heterocycles. The van der Waals surface area contributed by atoms with E-state index in [9.17, 15) is 18.0 Å². The molecular weight excluding hydrogens is 407 g/mol. The highest BCUT2D eigenvalue weighted by atomic mass is 19.4. The molecule has 2 aromatic rings. The molecule has 31 heavy (non-hydrogen) atoms. The molecule has 0 atom stereocenters. The Labute approximate surface area is 178 Å². The number of rotatable bonds is 3. The van der Waals surface area contributed by atoms with Crippen molar-refractivity contribution in [2.75, 3.05) is 18.4 Å². The van der Waals surface area contributed by atoms with Gasteiger partial charge in [0.05, 0.1) is 23.9 Å². The van der Waals surface area contributed by atoms with Crippen LogP contribution in [0.2, 0.25) is 0 Å². The number of benzene rings is 1. The first kappa shape index (κ1) is 22.4. The standard InChI is InChI=1S/C22H22F3N5O/c1-21(2,30-14-16(13-28-30)5-4-15-8-10-27-11-9-15)20(31)29-17-6-7-19(26-3)18(12-17)22(23,24)25/h6-7,12-15,27H,8-11H2,1-2H3,(H,29,31). The molecule has 6 nitrogen and oxygen atoms in total. The molecule has 2 N–H and O–H groups in total. The molecule has 1 aliphatic heterocycles. The molecule has 1 aromatic heterocycles. The Morgan fingerprint density at radius 1 is 1.32 bits per heavy atom. The second-order valence-corrected chi connectivity index (χ2v) is 7.82. The Morgan fingerprint density at radius 2 is 2.03 bits per heavy atom. The van der Waals surface area contributed by atoms with Gasteiger partial charge in [0.1, 0.15) is 5.54 Å². The zero-order chi connectivity index (χ0) is 22.6. The van der Waals surface area contributed by atoms with Crippen molar-refractivity contribution in [3.05, 3.63) is 53.1 Å². The van der Waals surface area contributed by atoms with E-state index in [1.807, 2.05) is 0 Å². The summed E-state index contributed by atoms with van der Waals surface area (Å²) in [6.45, 7) is 12.0. The third-order valence-corrected chi connectivity index (χ3v) is 5.15. The van der Waals surface area contributed by atoms with Gasteiger partial charge in [-0.25, -0.2) is 4.85 Å². The van der Waals surface area contributed by atoms with Crippen LogP contribution in [0.1, 0.15) is 37.8 Å². The van der Waals surface area contributed by atoms with Gasteiger partial charge >= 0.3 is 6.18 Å². The van der Waals surface area contributed by atoms with Gasteiger partial charge in [0.25, 0.3) is 5.91 Å². The minimum Gasteiger partial charge on any atom is -0.324 e. The molecule has 1 fully saturated rings. The van der Waals surface area contributed by atoms with Crippen LogP contribution in [0, 0.1) is 24.3 Å². The van der Waals surface area contributed by atoms with E-state index in [1.54, 1.807) is 26.2 Å². The fourth-order valence-corrected chi connectivity index (χ4v) is 3.17. The predicted octanol–water partition coefficient (Wildman–Crippen LogP) is 4.18. The third kappa shape index (κ3) is 5.25. The first-order valence-electron chi connectivity index (χ1n) is 9.79. The molecule has 162 valence electrons. The topological polar surface area (TPSA) is 63.3 Å². The number of carbonyl (C=O) groups is 1. The maximum absolute atomic E-state index is 13.2. The molecule has 0 unspecified atom stereocenters.